The van der Waals surface area contributed by atoms with Crippen LogP contribution in [0.4, 0.5) is 0 Å². The van der Waals surface area contributed by atoms with Crippen LogP contribution in [0.1, 0.15) is 19.8 Å². The number of allylic oxidation sites excluding steroid dienone is 1. The summed E-state index contributed by atoms with van der Waals surface area (Å²) in [5.41, 5.74) is 0.977. The Bertz CT molecular complexity index is 529. The summed E-state index contributed by atoms with van der Waals surface area (Å²) in [5.74, 6) is -3.28. The number of rotatable bonds is 9. The summed E-state index contributed by atoms with van der Waals surface area (Å²) >= 11 is 5.46. The van der Waals surface area contributed by atoms with Gasteiger partial charge in [0.25, 0.3) is 0 Å². The van der Waals surface area contributed by atoms with Crippen LogP contribution in [0.3, 0.4) is 0 Å². The van der Waals surface area contributed by atoms with E-state index in [-0.39, 0.29) is 25.7 Å². The predicted molar refractivity (Wildman–Crippen MR) is 89.8 cm³/mol. The van der Waals surface area contributed by atoms with Gasteiger partial charge in [-0.3, -0.25) is 9.59 Å². The molecule has 1 N–H and O–H groups in total. The van der Waals surface area contributed by atoms with Gasteiger partial charge in [-0.2, -0.15) is 0 Å². The maximum Gasteiger partial charge on any atom is 0.330 e. The molecule has 3 unspecified atom stereocenters. The monoisotopic (exact) mass is 374 g/mol. The molecule has 0 radical (unpaired) electrons. The zero-order chi connectivity index (χ0) is 18.8. The fourth-order valence-corrected chi connectivity index (χ4v) is 2.42. The zero-order valence-corrected chi connectivity index (χ0v) is 14.9. The number of hydrogen-bond acceptors (Lipinski definition) is 7. The third-order valence-electron chi connectivity index (χ3n) is 3.66. The SMILES string of the molecule is C=CC(=O)OCCOC(=O)C1C=C(C)CCC1C(=O)OCC(O)CCl. The van der Waals surface area contributed by atoms with Gasteiger partial charge >= 0.3 is 17.9 Å². The Morgan fingerprint density at radius 2 is 2.00 bits per heavy atom. The van der Waals surface area contributed by atoms with E-state index in [2.05, 4.69) is 6.58 Å². The van der Waals surface area contributed by atoms with Crippen LogP contribution in [0.2, 0.25) is 0 Å². The van der Waals surface area contributed by atoms with Crippen LogP contribution >= 0.6 is 11.6 Å². The molecule has 0 heterocycles. The molecule has 25 heavy (non-hydrogen) atoms. The van der Waals surface area contributed by atoms with E-state index in [0.29, 0.717) is 12.8 Å². The first-order valence-electron chi connectivity index (χ1n) is 7.92. The number of alkyl halides is 1. The van der Waals surface area contributed by atoms with Gasteiger partial charge in [-0.25, -0.2) is 4.79 Å². The Hall–Kier alpha value is -1.86. The lowest BCUT2D eigenvalue weighted by atomic mass is 9.81. The molecule has 0 aromatic heterocycles. The molecule has 0 amide bonds. The summed E-state index contributed by atoms with van der Waals surface area (Å²) in [6.07, 6.45) is 2.86. The Morgan fingerprint density at radius 3 is 2.64 bits per heavy atom. The summed E-state index contributed by atoms with van der Waals surface area (Å²) in [6.45, 7) is 4.69. The molecule has 8 heteroatoms. The molecule has 0 saturated heterocycles. The first-order chi connectivity index (χ1) is 11.9. The Labute approximate surface area is 151 Å². The van der Waals surface area contributed by atoms with Gasteiger partial charge in [0, 0.05) is 6.08 Å². The summed E-state index contributed by atoms with van der Waals surface area (Å²) in [5, 5.41) is 9.37. The smallest absolute Gasteiger partial charge is 0.330 e. The van der Waals surface area contributed by atoms with E-state index in [4.69, 9.17) is 25.8 Å². The number of halogens is 1. The second-order valence-electron chi connectivity index (χ2n) is 5.66. The summed E-state index contributed by atoms with van der Waals surface area (Å²) < 4.78 is 14.8. The van der Waals surface area contributed by atoms with Gasteiger partial charge in [-0.1, -0.05) is 18.2 Å². The number of aliphatic hydroxyl groups excluding tert-OH is 1. The molecule has 0 aromatic carbocycles. The van der Waals surface area contributed by atoms with Crippen molar-refractivity contribution in [3.63, 3.8) is 0 Å². The summed E-state index contributed by atoms with van der Waals surface area (Å²) in [4.78, 5) is 35.4. The first kappa shape index (κ1) is 21.2. The Morgan fingerprint density at radius 1 is 1.32 bits per heavy atom. The molecule has 0 saturated carbocycles. The van der Waals surface area contributed by atoms with Gasteiger partial charge in [-0.05, 0) is 19.8 Å². The number of carbonyl (C=O) groups is 3. The van der Waals surface area contributed by atoms with Crippen LogP contribution in [-0.4, -0.2) is 54.8 Å². The van der Waals surface area contributed by atoms with Crippen LogP contribution in [0, 0.1) is 11.8 Å². The Kier molecular flexibility index (Phi) is 9.23. The van der Waals surface area contributed by atoms with E-state index >= 15 is 0 Å². The van der Waals surface area contributed by atoms with Crippen molar-refractivity contribution in [1.82, 2.24) is 0 Å². The van der Waals surface area contributed by atoms with E-state index in [9.17, 15) is 19.5 Å². The van der Waals surface area contributed by atoms with Crippen molar-refractivity contribution in [2.75, 3.05) is 25.7 Å². The lowest BCUT2D eigenvalue weighted by Crippen LogP contribution is -2.35. The maximum atomic E-state index is 12.3. The minimum Gasteiger partial charge on any atom is -0.463 e. The average molecular weight is 375 g/mol. The second-order valence-corrected chi connectivity index (χ2v) is 5.97. The number of ether oxygens (including phenoxy) is 3. The number of aliphatic hydroxyl groups is 1. The van der Waals surface area contributed by atoms with Crippen molar-refractivity contribution in [1.29, 1.82) is 0 Å². The fourth-order valence-electron chi connectivity index (χ4n) is 2.34. The van der Waals surface area contributed by atoms with Crippen LogP contribution in [0.25, 0.3) is 0 Å². The van der Waals surface area contributed by atoms with Gasteiger partial charge in [-0.15, -0.1) is 11.6 Å². The molecule has 1 aliphatic rings. The van der Waals surface area contributed by atoms with Crippen LogP contribution in [-0.2, 0) is 28.6 Å². The third-order valence-corrected chi connectivity index (χ3v) is 4.01. The van der Waals surface area contributed by atoms with Gasteiger partial charge in [0.1, 0.15) is 25.9 Å². The van der Waals surface area contributed by atoms with Crippen molar-refractivity contribution < 1.29 is 33.7 Å². The molecule has 0 aromatic rings. The highest BCUT2D eigenvalue weighted by Gasteiger charge is 2.37. The molecule has 0 spiro atoms. The van der Waals surface area contributed by atoms with Crippen molar-refractivity contribution in [3.05, 3.63) is 24.3 Å². The van der Waals surface area contributed by atoms with E-state index < -0.39 is 35.8 Å². The number of esters is 3. The summed E-state index contributed by atoms with van der Waals surface area (Å²) in [7, 11) is 0. The predicted octanol–water partition coefficient (Wildman–Crippen LogP) is 1.37. The third kappa shape index (κ3) is 7.27. The molecule has 7 nitrogen and oxygen atoms in total. The van der Waals surface area contributed by atoms with E-state index in [0.717, 1.165) is 11.6 Å². The molecule has 0 bridgehead atoms. The van der Waals surface area contributed by atoms with Gasteiger partial charge < -0.3 is 19.3 Å². The standard InChI is InChI=1S/C17H23ClO7/c1-3-15(20)23-6-7-24-17(22)14-8-11(2)4-5-13(14)16(21)25-10-12(19)9-18/h3,8,12-14,19H,1,4-7,9-10H2,2H3. The topological polar surface area (TPSA) is 99.1 Å². The molecule has 140 valence electrons. The minimum atomic E-state index is -0.948. The van der Waals surface area contributed by atoms with Gasteiger partial charge in [0.05, 0.1) is 17.7 Å². The lowest BCUT2D eigenvalue weighted by Gasteiger charge is -2.26. The fraction of sp³-hybridized carbons (Fsp3) is 0.588. The molecular formula is C17H23ClO7. The van der Waals surface area contributed by atoms with Gasteiger partial charge in [0.15, 0.2) is 0 Å². The van der Waals surface area contributed by atoms with Gasteiger partial charge in [0.2, 0.25) is 0 Å². The van der Waals surface area contributed by atoms with Crippen LogP contribution in [0.5, 0.6) is 0 Å². The van der Waals surface area contributed by atoms with E-state index in [1.807, 2.05) is 6.92 Å². The summed E-state index contributed by atoms with van der Waals surface area (Å²) in [6, 6.07) is 0. The Balaban J connectivity index is 2.59. The van der Waals surface area contributed by atoms with Crippen molar-refractivity contribution >= 4 is 29.5 Å². The van der Waals surface area contributed by atoms with Crippen LogP contribution < -0.4 is 0 Å². The molecular weight excluding hydrogens is 352 g/mol. The number of carbonyl (C=O) groups excluding carboxylic acids is 3. The highest BCUT2D eigenvalue weighted by Crippen LogP contribution is 2.30. The molecule has 0 aliphatic heterocycles. The lowest BCUT2D eigenvalue weighted by molar-refractivity contribution is -0.162. The minimum absolute atomic E-state index is 0.0497. The average Bonchev–Trinajstić information content (AvgIpc) is 2.62. The molecule has 3 atom stereocenters. The molecule has 0 fully saturated rings. The second kappa shape index (κ2) is 10.9. The number of hydrogen-bond donors (Lipinski definition) is 1. The molecule has 1 rings (SSSR count). The highest BCUT2D eigenvalue weighted by molar-refractivity contribution is 6.18. The van der Waals surface area contributed by atoms with E-state index in [1.54, 1.807) is 6.08 Å². The normalized spacial score (nSPS) is 20.8. The van der Waals surface area contributed by atoms with Crippen molar-refractivity contribution in [2.24, 2.45) is 11.8 Å². The zero-order valence-electron chi connectivity index (χ0n) is 14.1. The van der Waals surface area contributed by atoms with E-state index in [1.165, 1.54) is 0 Å². The maximum absolute atomic E-state index is 12.3. The quantitative estimate of drug-likeness (QED) is 0.162. The van der Waals surface area contributed by atoms with Crippen LogP contribution in [0.15, 0.2) is 24.3 Å². The first-order valence-corrected chi connectivity index (χ1v) is 8.46. The highest BCUT2D eigenvalue weighted by atomic mass is 35.5. The largest absolute Gasteiger partial charge is 0.463 e. The van der Waals surface area contributed by atoms with Crippen molar-refractivity contribution in [2.45, 2.75) is 25.9 Å². The molecule has 1 aliphatic carbocycles. The van der Waals surface area contributed by atoms with Crippen molar-refractivity contribution in [3.8, 4) is 0 Å².